The molecule has 0 amide bonds. The average Bonchev–Trinajstić information content (AvgIpc) is 3.08. The van der Waals surface area contributed by atoms with Gasteiger partial charge in [0.05, 0.1) is 12.2 Å². The molecule has 0 spiro atoms. The van der Waals surface area contributed by atoms with Crippen LogP contribution in [0.5, 0.6) is 0 Å². The molecule has 0 aromatic heterocycles. The number of esters is 1. The summed E-state index contributed by atoms with van der Waals surface area (Å²) in [7, 11) is 0. The lowest BCUT2D eigenvalue weighted by molar-refractivity contribution is -0.234. The number of hydrogen-bond acceptors (Lipinski definition) is 6. The molecule has 4 saturated carbocycles. The van der Waals surface area contributed by atoms with E-state index in [1.807, 2.05) is 0 Å². The molecule has 0 radical (unpaired) electrons. The van der Waals surface area contributed by atoms with Gasteiger partial charge in [-0.3, -0.25) is 9.59 Å². The maximum absolute atomic E-state index is 13.1. The molecule has 6 heteroatoms. The molecule has 0 saturated heterocycles. The van der Waals surface area contributed by atoms with E-state index in [4.69, 9.17) is 10.5 Å². The van der Waals surface area contributed by atoms with E-state index in [1.54, 1.807) is 6.92 Å². The Morgan fingerprint density at radius 1 is 1.03 bits per heavy atom. The standard InChI is InChI=1S/C32H51NO5/c1-18(2)9-8-10-21(19(3)34)28-24-15-26(37)29-30(5)13-12-25(36)22(17-33)23(30)11-14-31(29,6)32(24,7)16-27(28)38-20(4)35/h9,22-27,29,36-37H,8,10-17,33H2,1-7H3/b28-21-/t22-,23-,24-,25+,26+,27-,29-,30-,31-,32-/m0/s1. The third kappa shape index (κ3) is 4.53. The van der Waals surface area contributed by atoms with E-state index in [2.05, 4.69) is 40.7 Å². The Bertz CT molecular complexity index is 1010. The zero-order valence-corrected chi connectivity index (χ0v) is 24.7. The number of hydrogen-bond donors (Lipinski definition) is 3. The number of fused-ring (bicyclic) bond motifs is 5. The van der Waals surface area contributed by atoms with Crippen molar-refractivity contribution in [2.75, 3.05) is 6.54 Å². The Kier molecular flexibility index (Phi) is 8.13. The summed E-state index contributed by atoms with van der Waals surface area (Å²) in [5.41, 5.74) is 8.59. The molecule has 38 heavy (non-hydrogen) atoms. The highest BCUT2D eigenvalue weighted by Gasteiger charge is 2.71. The first-order chi connectivity index (χ1) is 17.7. The van der Waals surface area contributed by atoms with Gasteiger partial charge in [0.25, 0.3) is 0 Å². The molecule has 4 aliphatic rings. The van der Waals surface area contributed by atoms with Gasteiger partial charge < -0.3 is 20.7 Å². The molecule has 0 aromatic rings. The van der Waals surface area contributed by atoms with Gasteiger partial charge in [-0.15, -0.1) is 0 Å². The van der Waals surface area contributed by atoms with Crippen LogP contribution in [0.2, 0.25) is 0 Å². The zero-order valence-electron chi connectivity index (χ0n) is 24.7. The summed E-state index contributed by atoms with van der Waals surface area (Å²) >= 11 is 0. The SMILES string of the molecule is CC(=O)O[C@H]1C[C@@]2(C)[C@@H](C[C@@H](O)[C@H]3[C@@]4(C)CC[C@@H](O)[C@@H](CN)[C@@H]4CC[C@@]32C)/C1=C(\CCC=C(C)C)C(C)=O. The number of carbonyl (C=O) groups is 2. The highest BCUT2D eigenvalue weighted by molar-refractivity contribution is 5.94. The first-order valence-electron chi connectivity index (χ1n) is 14.8. The number of ketones is 1. The minimum absolute atomic E-state index is 0.0201. The van der Waals surface area contributed by atoms with Crippen LogP contribution in [-0.2, 0) is 14.3 Å². The lowest BCUT2D eigenvalue weighted by Crippen LogP contribution is -2.66. The van der Waals surface area contributed by atoms with Gasteiger partial charge in [-0.05, 0) is 124 Å². The summed E-state index contributed by atoms with van der Waals surface area (Å²) < 4.78 is 5.98. The van der Waals surface area contributed by atoms with Crippen LogP contribution in [0.15, 0.2) is 22.8 Å². The van der Waals surface area contributed by atoms with E-state index in [9.17, 15) is 19.8 Å². The molecule has 0 aliphatic heterocycles. The summed E-state index contributed by atoms with van der Waals surface area (Å²) in [6.07, 6.45) is 6.93. The van der Waals surface area contributed by atoms with Crippen LogP contribution >= 0.6 is 0 Å². The van der Waals surface area contributed by atoms with Crippen molar-refractivity contribution >= 4 is 11.8 Å². The number of allylic oxidation sites excluding steroid dienone is 3. The van der Waals surface area contributed by atoms with Crippen LogP contribution in [-0.4, -0.2) is 46.8 Å². The first-order valence-corrected chi connectivity index (χ1v) is 14.8. The monoisotopic (exact) mass is 529 g/mol. The van der Waals surface area contributed by atoms with Gasteiger partial charge in [0.15, 0.2) is 5.78 Å². The lowest BCUT2D eigenvalue weighted by atomic mass is 9.36. The predicted octanol–water partition coefficient (Wildman–Crippen LogP) is 5.11. The van der Waals surface area contributed by atoms with E-state index in [0.717, 1.165) is 36.8 Å². The van der Waals surface area contributed by atoms with Gasteiger partial charge in [0, 0.05) is 12.8 Å². The third-order valence-corrected chi connectivity index (χ3v) is 11.8. The molecule has 4 aliphatic carbocycles. The van der Waals surface area contributed by atoms with Crippen molar-refractivity contribution in [3.8, 4) is 0 Å². The third-order valence-electron chi connectivity index (χ3n) is 11.8. The second-order valence-electron chi connectivity index (χ2n) is 13.9. The predicted molar refractivity (Wildman–Crippen MR) is 149 cm³/mol. The Balaban J connectivity index is 1.82. The lowest BCUT2D eigenvalue weighted by Gasteiger charge is -2.69. The van der Waals surface area contributed by atoms with Gasteiger partial charge >= 0.3 is 5.97 Å². The number of aliphatic hydroxyl groups excluding tert-OH is 2. The Morgan fingerprint density at radius 2 is 1.71 bits per heavy atom. The minimum atomic E-state index is -0.531. The second kappa shape index (κ2) is 10.5. The smallest absolute Gasteiger partial charge is 0.303 e. The van der Waals surface area contributed by atoms with Gasteiger partial charge in [0.1, 0.15) is 6.10 Å². The van der Waals surface area contributed by atoms with E-state index in [1.165, 1.54) is 12.5 Å². The summed E-state index contributed by atoms with van der Waals surface area (Å²) in [6.45, 7) is 14.7. The normalized spacial score (nSPS) is 45.4. The quantitative estimate of drug-likeness (QED) is 0.251. The molecule has 4 fully saturated rings. The van der Waals surface area contributed by atoms with Gasteiger partial charge in [-0.25, -0.2) is 0 Å². The Morgan fingerprint density at radius 3 is 2.29 bits per heavy atom. The van der Waals surface area contributed by atoms with Gasteiger partial charge in [-0.2, -0.15) is 0 Å². The molecule has 214 valence electrons. The fourth-order valence-electron chi connectivity index (χ4n) is 10.1. The number of rotatable bonds is 6. The van der Waals surface area contributed by atoms with E-state index >= 15 is 0 Å². The summed E-state index contributed by atoms with van der Waals surface area (Å²) in [5.74, 6) is 0.0820. The van der Waals surface area contributed by atoms with Crippen LogP contribution in [0.25, 0.3) is 0 Å². The average molecular weight is 530 g/mol. The van der Waals surface area contributed by atoms with Crippen molar-refractivity contribution in [1.29, 1.82) is 0 Å². The Hall–Kier alpha value is -1.50. The number of ether oxygens (including phenoxy) is 1. The topological polar surface area (TPSA) is 110 Å². The summed E-state index contributed by atoms with van der Waals surface area (Å²) in [4.78, 5) is 25.4. The van der Waals surface area contributed by atoms with Crippen molar-refractivity contribution in [2.45, 2.75) is 118 Å². The molecule has 0 aromatic carbocycles. The Labute approximate surface area is 229 Å². The molecule has 0 bridgehead atoms. The second-order valence-corrected chi connectivity index (χ2v) is 13.9. The molecule has 10 atom stereocenters. The number of aliphatic hydroxyl groups is 2. The van der Waals surface area contributed by atoms with Gasteiger partial charge in [-0.1, -0.05) is 32.4 Å². The first kappa shape index (κ1) is 29.5. The van der Waals surface area contributed by atoms with Crippen molar-refractivity contribution in [2.24, 2.45) is 45.7 Å². The molecule has 0 heterocycles. The number of carbonyl (C=O) groups excluding carboxylic acids is 2. The molecule has 6 nitrogen and oxygen atoms in total. The zero-order chi connectivity index (χ0) is 28.2. The fraction of sp³-hybridized carbons (Fsp3) is 0.812. The largest absolute Gasteiger partial charge is 0.458 e. The molecule has 0 unspecified atom stereocenters. The minimum Gasteiger partial charge on any atom is -0.458 e. The number of Topliss-reactive ketones (excluding diaryl/α,β-unsaturated/α-hetero) is 1. The maximum atomic E-state index is 13.1. The highest BCUT2D eigenvalue weighted by atomic mass is 16.5. The molecular weight excluding hydrogens is 478 g/mol. The highest BCUT2D eigenvalue weighted by Crippen LogP contribution is 2.74. The van der Waals surface area contributed by atoms with Crippen molar-refractivity contribution < 1.29 is 24.5 Å². The maximum Gasteiger partial charge on any atom is 0.303 e. The van der Waals surface area contributed by atoms with Crippen LogP contribution in [0.1, 0.15) is 99.8 Å². The summed E-state index contributed by atoms with van der Waals surface area (Å²) in [5, 5.41) is 22.8. The van der Waals surface area contributed by atoms with Gasteiger partial charge in [0.2, 0.25) is 0 Å². The van der Waals surface area contributed by atoms with E-state index in [-0.39, 0.29) is 57.8 Å². The van der Waals surface area contributed by atoms with E-state index in [0.29, 0.717) is 32.2 Å². The van der Waals surface area contributed by atoms with Crippen molar-refractivity contribution in [3.05, 3.63) is 22.8 Å². The molecular formula is C32H51NO5. The summed E-state index contributed by atoms with van der Waals surface area (Å²) in [6, 6.07) is 0. The van der Waals surface area contributed by atoms with Crippen LogP contribution in [0, 0.1) is 39.9 Å². The molecule has 4 rings (SSSR count). The van der Waals surface area contributed by atoms with Crippen molar-refractivity contribution in [1.82, 2.24) is 0 Å². The van der Waals surface area contributed by atoms with E-state index < -0.39 is 12.2 Å². The van der Waals surface area contributed by atoms with Crippen molar-refractivity contribution in [3.63, 3.8) is 0 Å². The van der Waals surface area contributed by atoms with Crippen LogP contribution < -0.4 is 5.73 Å². The van der Waals surface area contributed by atoms with Crippen LogP contribution in [0.4, 0.5) is 0 Å². The molecule has 4 N–H and O–H groups in total. The van der Waals surface area contributed by atoms with Crippen LogP contribution in [0.3, 0.4) is 0 Å². The number of nitrogens with two attached hydrogens (primary N) is 1. The fourth-order valence-corrected chi connectivity index (χ4v) is 10.1.